The summed E-state index contributed by atoms with van der Waals surface area (Å²) in [5, 5.41) is 9.06. The van der Waals surface area contributed by atoms with Crippen molar-refractivity contribution in [1.82, 2.24) is 25.7 Å². The van der Waals surface area contributed by atoms with E-state index in [1.807, 2.05) is 18.7 Å². The predicted molar refractivity (Wildman–Crippen MR) is 109 cm³/mol. The van der Waals surface area contributed by atoms with Gasteiger partial charge in [-0.15, -0.1) is 0 Å². The third kappa shape index (κ3) is 5.63. The number of carbonyl (C=O) groups excluding carboxylic acids is 2. The van der Waals surface area contributed by atoms with E-state index in [0.29, 0.717) is 36.3 Å². The first-order valence-electron chi connectivity index (χ1n) is 10.3. The van der Waals surface area contributed by atoms with Gasteiger partial charge in [-0.1, -0.05) is 31.1 Å². The fourth-order valence-corrected chi connectivity index (χ4v) is 3.43. The molecule has 0 radical (unpaired) electrons. The first-order chi connectivity index (χ1) is 14.3. The third-order valence-corrected chi connectivity index (χ3v) is 5.16. The Morgan fingerprint density at radius 2 is 2.13 bits per heavy atom. The summed E-state index contributed by atoms with van der Waals surface area (Å²) in [6, 6.07) is 5.09. The summed E-state index contributed by atoms with van der Waals surface area (Å²) in [5.74, 6) is 0.384. The van der Waals surface area contributed by atoms with E-state index in [1.54, 1.807) is 19.1 Å². The quantitative estimate of drug-likeness (QED) is 0.750. The molecule has 0 bridgehead atoms. The Labute approximate surface area is 175 Å². The molecule has 2 aromatic rings. The molecule has 1 saturated heterocycles. The molecule has 9 heteroatoms. The van der Waals surface area contributed by atoms with E-state index >= 15 is 0 Å². The number of urea groups is 1. The molecule has 2 unspecified atom stereocenters. The summed E-state index contributed by atoms with van der Waals surface area (Å²) in [4.78, 5) is 30.8. The zero-order valence-corrected chi connectivity index (χ0v) is 17.5. The summed E-state index contributed by atoms with van der Waals surface area (Å²) in [6.45, 7) is 7.55. The molecule has 1 aliphatic rings. The highest BCUT2D eigenvalue weighted by atomic mass is 19.1. The molecular weight excluding hydrogens is 389 g/mol. The highest BCUT2D eigenvalue weighted by molar-refractivity contribution is 5.96. The van der Waals surface area contributed by atoms with Gasteiger partial charge in [-0.2, -0.15) is 4.98 Å². The third-order valence-electron chi connectivity index (χ3n) is 5.16. The Bertz CT molecular complexity index is 885. The van der Waals surface area contributed by atoms with E-state index in [-0.39, 0.29) is 17.6 Å². The normalized spacial score (nSPS) is 18.2. The number of hydrogen-bond donors (Lipinski definition) is 2. The average Bonchev–Trinajstić information content (AvgIpc) is 3.22. The zero-order chi connectivity index (χ0) is 21.7. The fraction of sp³-hybridized carbons (Fsp3) is 0.524. The van der Waals surface area contributed by atoms with Crippen LogP contribution in [-0.4, -0.2) is 52.7 Å². The van der Waals surface area contributed by atoms with Crippen LogP contribution in [0.3, 0.4) is 0 Å². The molecule has 2 heterocycles. The van der Waals surface area contributed by atoms with Crippen molar-refractivity contribution in [3.05, 3.63) is 36.0 Å². The zero-order valence-electron chi connectivity index (χ0n) is 17.5. The lowest BCUT2D eigenvalue weighted by Gasteiger charge is -2.34. The van der Waals surface area contributed by atoms with Gasteiger partial charge in [-0.25, -0.2) is 9.18 Å². The van der Waals surface area contributed by atoms with Gasteiger partial charge < -0.3 is 9.84 Å². The number of aromatic nitrogens is 2. The Hall–Kier alpha value is -2.81. The summed E-state index contributed by atoms with van der Waals surface area (Å²) in [7, 11) is 0. The maximum Gasteiger partial charge on any atom is 0.321 e. The second-order valence-corrected chi connectivity index (χ2v) is 8.07. The van der Waals surface area contributed by atoms with Crippen molar-refractivity contribution in [2.24, 2.45) is 5.92 Å². The molecule has 1 aromatic carbocycles. The van der Waals surface area contributed by atoms with Crippen molar-refractivity contribution in [2.45, 2.75) is 45.6 Å². The molecule has 0 saturated carbocycles. The number of piperidine rings is 1. The lowest BCUT2D eigenvalue weighted by molar-refractivity contribution is -0.125. The van der Waals surface area contributed by atoms with Crippen LogP contribution in [0.25, 0.3) is 11.4 Å². The van der Waals surface area contributed by atoms with Crippen molar-refractivity contribution in [1.29, 1.82) is 0 Å². The van der Waals surface area contributed by atoms with Crippen LogP contribution < -0.4 is 10.6 Å². The molecule has 162 valence electrons. The Kier molecular flexibility index (Phi) is 7.15. The van der Waals surface area contributed by atoms with E-state index in [2.05, 4.69) is 20.8 Å². The number of imide groups is 1. The minimum atomic E-state index is -0.481. The number of rotatable bonds is 6. The molecule has 0 aliphatic carbocycles. The van der Waals surface area contributed by atoms with E-state index in [4.69, 9.17) is 4.52 Å². The van der Waals surface area contributed by atoms with Crippen molar-refractivity contribution in [2.75, 3.05) is 19.6 Å². The summed E-state index contributed by atoms with van der Waals surface area (Å²) in [6.07, 6.45) is 1.71. The van der Waals surface area contributed by atoms with Gasteiger partial charge in [-0.3, -0.25) is 15.0 Å². The van der Waals surface area contributed by atoms with Crippen molar-refractivity contribution < 1.29 is 18.5 Å². The van der Waals surface area contributed by atoms with Crippen LogP contribution in [0.4, 0.5) is 9.18 Å². The first kappa shape index (κ1) is 21.9. The van der Waals surface area contributed by atoms with Gasteiger partial charge in [0.05, 0.1) is 12.0 Å². The van der Waals surface area contributed by atoms with Gasteiger partial charge in [0.1, 0.15) is 5.82 Å². The summed E-state index contributed by atoms with van der Waals surface area (Å²) >= 11 is 0. The maximum atomic E-state index is 13.4. The number of nitrogens with zero attached hydrogens (tertiary/aromatic N) is 3. The second-order valence-electron chi connectivity index (χ2n) is 8.07. The Balaban J connectivity index is 1.60. The number of amides is 3. The lowest BCUT2D eigenvalue weighted by atomic mass is 9.96. The van der Waals surface area contributed by atoms with Gasteiger partial charge in [0.25, 0.3) is 0 Å². The van der Waals surface area contributed by atoms with Gasteiger partial charge in [0, 0.05) is 18.7 Å². The molecule has 2 atom stereocenters. The standard InChI is InChI=1S/C21H28FN5O3/c1-13(2)11-23-21(29)25-19(28)14(3)27-9-5-7-16(12-27)20-24-18(26-30-20)15-6-4-8-17(22)10-15/h4,6,8,10,13-14,16H,5,7,9,11-12H2,1-3H3,(H2,23,25,28,29). The number of carbonyl (C=O) groups is 2. The smallest absolute Gasteiger partial charge is 0.321 e. The van der Waals surface area contributed by atoms with E-state index in [1.165, 1.54) is 12.1 Å². The average molecular weight is 417 g/mol. The van der Waals surface area contributed by atoms with Gasteiger partial charge in [-0.05, 0) is 44.4 Å². The summed E-state index contributed by atoms with van der Waals surface area (Å²) < 4.78 is 18.9. The van der Waals surface area contributed by atoms with Crippen molar-refractivity contribution in [3.8, 4) is 11.4 Å². The van der Waals surface area contributed by atoms with Gasteiger partial charge in [0.15, 0.2) is 0 Å². The Morgan fingerprint density at radius 1 is 1.33 bits per heavy atom. The molecular formula is C21H28FN5O3. The SMILES string of the molecule is CC(C)CNC(=O)NC(=O)C(C)N1CCCC(c2nc(-c3cccc(F)c3)no2)C1. The molecule has 0 spiro atoms. The minimum Gasteiger partial charge on any atom is -0.339 e. The van der Waals surface area contributed by atoms with Crippen LogP contribution >= 0.6 is 0 Å². The number of hydrogen-bond acceptors (Lipinski definition) is 6. The van der Waals surface area contributed by atoms with Crippen LogP contribution in [0.1, 0.15) is 45.4 Å². The van der Waals surface area contributed by atoms with E-state index in [9.17, 15) is 14.0 Å². The number of nitrogens with one attached hydrogen (secondary N) is 2. The molecule has 1 aromatic heterocycles. The molecule has 30 heavy (non-hydrogen) atoms. The largest absolute Gasteiger partial charge is 0.339 e. The van der Waals surface area contributed by atoms with Crippen LogP contribution in [0.15, 0.2) is 28.8 Å². The van der Waals surface area contributed by atoms with Crippen LogP contribution in [0.5, 0.6) is 0 Å². The van der Waals surface area contributed by atoms with Crippen molar-refractivity contribution in [3.63, 3.8) is 0 Å². The maximum absolute atomic E-state index is 13.4. The van der Waals surface area contributed by atoms with Crippen molar-refractivity contribution >= 4 is 11.9 Å². The van der Waals surface area contributed by atoms with E-state index in [0.717, 1.165) is 19.4 Å². The number of halogens is 1. The van der Waals surface area contributed by atoms with Gasteiger partial charge >= 0.3 is 6.03 Å². The second kappa shape index (κ2) is 9.80. The molecule has 2 N–H and O–H groups in total. The molecule has 3 rings (SSSR count). The molecule has 8 nitrogen and oxygen atoms in total. The van der Waals surface area contributed by atoms with Crippen LogP contribution in [0, 0.1) is 11.7 Å². The number of benzene rings is 1. The predicted octanol–water partition coefficient (Wildman–Crippen LogP) is 2.93. The minimum absolute atomic E-state index is 0.0291. The fourth-order valence-electron chi connectivity index (χ4n) is 3.43. The van der Waals surface area contributed by atoms with Crippen LogP contribution in [-0.2, 0) is 4.79 Å². The molecule has 1 aliphatic heterocycles. The summed E-state index contributed by atoms with van der Waals surface area (Å²) in [5.41, 5.74) is 0.554. The topological polar surface area (TPSA) is 100 Å². The highest BCUT2D eigenvalue weighted by Gasteiger charge is 2.31. The number of likely N-dealkylation sites (tertiary alicyclic amines) is 1. The monoisotopic (exact) mass is 417 g/mol. The van der Waals surface area contributed by atoms with Gasteiger partial charge in [0.2, 0.25) is 17.6 Å². The molecule has 3 amide bonds. The Morgan fingerprint density at radius 3 is 2.87 bits per heavy atom. The molecule has 1 fully saturated rings. The highest BCUT2D eigenvalue weighted by Crippen LogP contribution is 2.28. The van der Waals surface area contributed by atoms with Crippen LogP contribution in [0.2, 0.25) is 0 Å². The first-order valence-corrected chi connectivity index (χ1v) is 10.3. The lowest BCUT2D eigenvalue weighted by Crippen LogP contribution is -2.52. The van der Waals surface area contributed by atoms with E-state index < -0.39 is 12.1 Å².